The van der Waals surface area contributed by atoms with Gasteiger partial charge in [0.25, 0.3) is 0 Å². The minimum absolute atomic E-state index is 0.0108. The molecule has 0 saturated heterocycles. The molecule has 2 unspecified atom stereocenters. The van der Waals surface area contributed by atoms with Gasteiger partial charge in [0.05, 0.1) is 0 Å². The van der Waals surface area contributed by atoms with Gasteiger partial charge in [-0.3, -0.25) is 4.79 Å². The van der Waals surface area contributed by atoms with Crippen LogP contribution in [0.2, 0.25) is 0 Å². The molecule has 0 saturated carbocycles. The second-order valence-electron chi connectivity index (χ2n) is 9.82. The van der Waals surface area contributed by atoms with Crippen molar-refractivity contribution in [2.24, 2.45) is 28.6 Å². The van der Waals surface area contributed by atoms with Gasteiger partial charge in [-0.1, -0.05) is 75.7 Å². The molecule has 27 heavy (non-hydrogen) atoms. The van der Waals surface area contributed by atoms with Gasteiger partial charge in [0, 0.05) is 0 Å². The quantitative estimate of drug-likeness (QED) is 0.413. The molecule has 0 aromatic rings. The molecule has 0 bridgehead atoms. The first-order valence-electron chi connectivity index (χ1n) is 10.2. The second kappa shape index (κ2) is 11.3. The monoisotopic (exact) mass is 396 g/mol. The zero-order valence-corrected chi connectivity index (χ0v) is 19.4. The Hall–Kier alpha value is -0.740. The average molecular weight is 397 g/mol. The molecule has 2 nitrogen and oxygen atoms in total. The molecular weight excluding hydrogens is 353 g/mol. The fraction of sp³-hybridized carbons (Fsp3) is 0.955. The Labute approximate surface area is 165 Å². The van der Waals surface area contributed by atoms with Crippen molar-refractivity contribution in [1.82, 2.24) is 0 Å². The number of carbonyl (C=O) groups is 1. The fourth-order valence-electron chi connectivity index (χ4n) is 2.95. The number of hydrogen-bond acceptors (Lipinski definition) is 2. The van der Waals surface area contributed by atoms with Crippen molar-refractivity contribution in [2.75, 3.05) is 0 Å². The maximum Gasteiger partial charge on any atom is 0.404 e. The zero-order valence-electron chi connectivity index (χ0n) is 19.4. The summed E-state index contributed by atoms with van der Waals surface area (Å²) in [6.07, 6.45) is -2.73. The van der Waals surface area contributed by atoms with Gasteiger partial charge < -0.3 is 4.74 Å². The summed E-state index contributed by atoms with van der Waals surface area (Å²) in [6, 6.07) is 0. The number of ether oxygens (including phenoxy) is 1. The lowest BCUT2D eigenvalue weighted by molar-refractivity contribution is -0.235. The number of hydrogen-bond donors (Lipinski definition) is 0. The fourth-order valence-corrected chi connectivity index (χ4v) is 2.95. The van der Waals surface area contributed by atoms with Crippen LogP contribution in [0.3, 0.4) is 0 Å². The summed E-state index contributed by atoms with van der Waals surface area (Å²) < 4.78 is 43.8. The number of rotatable bonds is 7. The standard InChI is InChI=1S/C13H23F3O2.C9H20/c1-7-12(6,13(14,15)16)11(17)18-10(8(2)3)9(4)5;1-6-8(2)7-9(3,4)5/h8-10H,7H2,1-6H3;8H,6-7H2,1-5H3. The molecule has 164 valence electrons. The van der Waals surface area contributed by atoms with Gasteiger partial charge in [-0.25, -0.2) is 0 Å². The third kappa shape index (κ3) is 10.4. The summed E-state index contributed by atoms with van der Waals surface area (Å²) in [6.45, 7) is 21.0. The van der Waals surface area contributed by atoms with Crippen LogP contribution in [0.1, 0.15) is 95.4 Å². The molecule has 5 heteroatoms. The molecule has 0 rings (SSSR count). The van der Waals surface area contributed by atoms with Gasteiger partial charge >= 0.3 is 12.1 Å². The predicted octanol–water partition coefficient (Wildman–Crippen LogP) is 7.66. The van der Waals surface area contributed by atoms with E-state index in [4.69, 9.17) is 4.74 Å². The maximum absolute atomic E-state index is 12.9. The van der Waals surface area contributed by atoms with Gasteiger partial charge in [0.1, 0.15) is 6.10 Å². The highest BCUT2D eigenvalue weighted by Crippen LogP contribution is 2.42. The Morgan fingerprint density at radius 1 is 0.889 bits per heavy atom. The van der Waals surface area contributed by atoms with Gasteiger partial charge in [-0.05, 0) is 42.9 Å². The average Bonchev–Trinajstić information content (AvgIpc) is 2.48. The normalized spacial score (nSPS) is 16.0. The van der Waals surface area contributed by atoms with Crippen LogP contribution < -0.4 is 0 Å². The first-order chi connectivity index (χ1) is 11.9. The Morgan fingerprint density at radius 2 is 1.30 bits per heavy atom. The first kappa shape index (κ1) is 28.5. The van der Waals surface area contributed by atoms with Crippen molar-refractivity contribution in [3.05, 3.63) is 0 Å². The van der Waals surface area contributed by atoms with Crippen molar-refractivity contribution >= 4 is 5.97 Å². The highest BCUT2D eigenvalue weighted by molar-refractivity contribution is 5.77. The van der Waals surface area contributed by atoms with Gasteiger partial charge in [0.2, 0.25) is 0 Å². The van der Waals surface area contributed by atoms with E-state index in [-0.39, 0.29) is 18.3 Å². The number of halogens is 3. The summed E-state index contributed by atoms with van der Waals surface area (Å²) in [5.74, 6) is -0.304. The summed E-state index contributed by atoms with van der Waals surface area (Å²) in [5, 5.41) is 0. The van der Waals surface area contributed by atoms with Gasteiger partial charge in [-0.15, -0.1) is 0 Å². The van der Waals surface area contributed by atoms with Gasteiger partial charge in [0.15, 0.2) is 5.41 Å². The van der Waals surface area contributed by atoms with Crippen LogP contribution in [0.25, 0.3) is 0 Å². The molecule has 0 aliphatic carbocycles. The molecule has 0 heterocycles. The topological polar surface area (TPSA) is 26.3 Å². The summed E-state index contributed by atoms with van der Waals surface area (Å²) >= 11 is 0. The number of carbonyl (C=O) groups excluding carboxylic acids is 1. The molecule has 0 aromatic heterocycles. The van der Waals surface area contributed by atoms with Crippen molar-refractivity contribution in [3.63, 3.8) is 0 Å². The third-order valence-corrected chi connectivity index (χ3v) is 5.00. The van der Waals surface area contributed by atoms with E-state index >= 15 is 0 Å². The zero-order chi connectivity index (χ0) is 22.2. The minimum atomic E-state index is -4.59. The Morgan fingerprint density at radius 3 is 1.48 bits per heavy atom. The molecule has 0 aromatic carbocycles. The molecule has 0 spiro atoms. The lowest BCUT2D eigenvalue weighted by Crippen LogP contribution is -2.45. The Kier molecular flexibility index (Phi) is 11.9. The van der Waals surface area contributed by atoms with E-state index in [1.807, 2.05) is 27.7 Å². The molecule has 0 fully saturated rings. The number of esters is 1. The van der Waals surface area contributed by atoms with Crippen LogP contribution in [0.15, 0.2) is 0 Å². The van der Waals surface area contributed by atoms with Crippen LogP contribution in [0, 0.1) is 28.6 Å². The third-order valence-electron chi connectivity index (χ3n) is 5.00. The summed E-state index contributed by atoms with van der Waals surface area (Å²) in [7, 11) is 0. The molecule has 2 atom stereocenters. The highest BCUT2D eigenvalue weighted by Gasteiger charge is 2.57. The van der Waals surface area contributed by atoms with E-state index in [0.29, 0.717) is 5.41 Å². The molecular formula is C22H43F3O2. The lowest BCUT2D eigenvalue weighted by atomic mass is 9.84. The van der Waals surface area contributed by atoms with Gasteiger partial charge in [-0.2, -0.15) is 13.2 Å². The van der Waals surface area contributed by atoms with Crippen molar-refractivity contribution in [2.45, 2.75) is 108 Å². The van der Waals surface area contributed by atoms with Crippen LogP contribution >= 0.6 is 0 Å². The van der Waals surface area contributed by atoms with Crippen LogP contribution in [-0.4, -0.2) is 18.2 Å². The minimum Gasteiger partial charge on any atom is -0.461 e. The lowest BCUT2D eigenvalue weighted by Gasteiger charge is -2.33. The molecule has 0 N–H and O–H groups in total. The largest absolute Gasteiger partial charge is 0.461 e. The SMILES string of the molecule is CCC(C)(C(=O)OC(C(C)C)C(C)C)C(F)(F)F.CCC(C)CC(C)(C)C. The predicted molar refractivity (Wildman–Crippen MR) is 108 cm³/mol. The smallest absolute Gasteiger partial charge is 0.404 e. The Bertz CT molecular complexity index is 414. The second-order valence-corrected chi connectivity index (χ2v) is 9.82. The van der Waals surface area contributed by atoms with Crippen molar-refractivity contribution in [3.8, 4) is 0 Å². The molecule has 0 radical (unpaired) electrons. The first-order valence-corrected chi connectivity index (χ1v) is 10.2. The van der Waals surface area contributed by atoms with E-state index < -0.39 is 23.7 Å². The van der Waals surface area contributed by atoms with Crippen LogP contribution in [-0.2, 0) is 9.53 Å². The molecule has 0 amide bonds. The summed E-state index contributed by atoms with van der Waals surface area (Å²) in [4.78, 5) is 11.8. The van der Waals surface area contributed by atoms with Crippen molar-refractivity contribution in [1.29, 1.82) is 0 Å². The van der Waals surface area contributed by atoms with E-state index in [9.17, 15) is 18.0 Å². The maximum atomic E-state index is 12.9. The van der Waals surface area contributed by atoms with E-state index in [0.717, 1.165) is 12.8 Å². The Balaban J connectivity index is 0. The molecule has 0 aliphatic rings. The van der Waals surface area contributed by atoms with Crippen molar-refractivity contribution < 1.29 is 22.7 Å². The van der Waals surface area contributed by atoms with E-state index in [1.165, 1.54) is 19.8 Å². The van der Waals surface area contributed by atoms with Crippen LogP contribution in [0.4, 0.5) is 13.2 Å². The molecule has 0 aliphatic heterocycles. The summed E-state index contributed by atoms with van der Waals surface area (Å²) in [5.41, 5.74) is -1.90. The number of alkyl halides is 3. The van der Waals surface area contributed by atoms with E-state index in [2.05, 4.69) is 34.6 Å². The highest BCUT2D eigenvalue weighted by atomic mass is 19.4. The van der Waals surface area contributed by atoms with E-state index in [1.54, 1.807) is 0 Å². The van der Waals surface area contributed by atoms with Crippen LogP contribution in [0.5, 0.6) is 0 Å².